The van der Waals surface area contributed by atoms with E-state index in [4.69, 9.17) is 0 Å². The Balaban J connectivity index is 1.90. The molecule has 1 aromatic carbocycles. The van der Waals surface area contributed by atoms with Gasteiger partial charge in [0.05, 0.1) is 0 Å². The van der Waals surface area contributed by atoms with E-state index >= 15 is 0 Å². The average Bonchev–Trinajstić information content (AvgIpc) is 2.43. The minimum Gasteiger partial charge on any atom is -0.326 e. The maximum Gasteiger partial charge on any atom is 0.228 e. The van der Waals surface area contributed by atoms with E-state index < -0.39 is 0 Å². The van der Waals surface area contributed by atoms with Gasteiger partial charge in [0.2, 0.25) is 5.91 Å². The van der Waals surface area contributed by atoms with E-state index in [0.29, 0.717) is 5.92 Å². The summed E-state index contributed by atoms with van der Waals surface area (Å²) in [5, 5.41) is 3.15. The van der Waals surface area contributed by atoms with Gasteiger partial charge in [0, 0.05) is 11.6 Å². The molecule has 0 fully saturated rings. The van der Waals surface area contributed by atoms with Crippen molar-refractivity contribution in [2.45, 2.75) is 53.4 Å². The van der Waals surface area contributed by atoms with Gasteiger partial charge in [0.25, 0.3) is 0 Å². The first-order valence-corrected chi connectivity index (χ1v) is 8.41. The van der Waals surface area contributed by atoms with Gasteiger partial charge in [-0.1, -0.05) is 33.8 Å². The van der Waals surface area contributed by atoms with Crippen molar-refractivity contribution in [1.29, 1.82) is 0 Å². The largest absolute Gasteiger partial charge is 0.326 e. The first-order chi connectivity index (χ1) is 9.95. The lowest BCUT2D eigenvalue weighted by Gasteiger charge is -2.32. The fourth-order valence-corrected chi connectivity index (χ4v) is 3.84. The summed E-state index contributed by atoms with van der Waals surface area (Å²) in [5.74, 6) is 2.27. The van der Waals surface area contributed by atoms with Crippen LogP contribution in [0.2, 0.25) is 0 Å². The summed E-state index contributed by atoms with van der Waals surface area (Å²) in [6.07, 6.45) is 4.58. The average molecular weight is 285 g/mol. The van der Waals surface area contributed by atoms with E-state index in [1.54, 1.807) is 0 Å². The lowest BCUT2D eigenvalue weighted by atomic mass is 9.76. The molecule has 2 aliphatic rings. The standard InChI is InChI=1S/C19H27NO/c1-11(2)13-5-6-14-8-16-9-17(12(3)4)19(21)20-18(16)10-15(14)7-13/h8,10-13,17H,5-7,9H2,1-4H3,(H,20,21). The van der Waals surface area contributed by atoms with Crippen molar-refractivity contribution in [1.82, 2.24) is 0 Å². The van der Waals surface area contributed by atoms with Crippen LogP contribution in [0.3, 0.4) is 0 Å². The summed E-state index contributed by atoms with van der Waals surface area (Å²) < 4.78 is 0. The second kappa shape index (κ2) is 5.47. The molecular formula is C19H27NO. The van der Waals surface area contributed by atoms with Crippen LogP contribution in [0.5, 0.6) is 0 Å². The number of benzene rings is 1. The summed E-state index contributed by atoms with van der Waals surface area (Å²) in [5.41, 5.74) is 5.39. The van der Waals surface area contributed by atoms with Crippen LogP contribution >= 0.6 is 0 Å². The Labute approximate surface area is 128 Å². The van der Waals surface area contributed by atoms with Crippen LogP contribution in [0.1, 0.15) is 50.8 Å². The van der Waals surface area contributed by atoms with Crippen LogP contribution in [-0.2, 0) is 24.1 Å². The van der Waals surface area contributed by atoms with Crippen molar-refractivity contribution in [2.24, 2.45) is 23.7 Å². The molecule has 0 bridgehead atoms. The molecule has 1 aromatic rings. The molecule has 2 unspecified atom stereocenters. The van der Waals surface area contributed by atoms with E-state index in [1.165, 1.54) is 36.0 Å². The lowest BCUT2D eigenvalue weighted by Crippen LogP contribution is -2.33. The zero-order chi connectivity index (χ0) is 15.1. The van der Waals surface area contributed by atoms with Gasteiger partial charge < -0.3 is 5.32 Å². The van der Waals surface area contributed by atoms with Crippen molar-refractivity contribution in [3.63, 3.8) is 0 Å². The number of amides is 1. The van der Waals surface area contributed by atoms with Crippen LogP contribution in [0.25, 0.3) is 0 Å². The number of aryl methyl sites for hydroxylation is 1. The molecule has 1 N–H and O–H groups in total. The molecule has 1 amide bonds. The Morgan fingerprint density at radius 3 is 2.43 bits per heavy atom. The van der Waals surface area contributed by atoms with E-state index in [1.807, 2.05) is 0 Å². The highest BCUT2D eigenvalue weighted by atomic mass is 16.1. The highest BCUT2D eigenvalue weighted by molar-refractivity contribution is 5.96. The lowest BCUT2D eigenvalue weighted by molar-refractivity contribution is -0.121. The monoisotopic (exact) mass is 285 g/mol. The highest BCUT2D eigenvalue weighted by Gasteiger charge is 2.30. The smallest absolute Gasteiger partial charge is 0.228 e. The molecule has 1 aliphatic heterocycles. The third-order valence-corrected chi connectivity index (χ3v) is 5.47. The zero-order valence-corrected chi connectivity index (χ0v) is 13.7. The normalized spacial score (nSPS) is 24.8. The van der Waals surface area contributed by atoms with Gasteiger partial charge >= 0.3 is 0 Å². The molecule has 0 aromatic heterocycles. The molecule has 114 valence electrons. The third kappa shape index (κ3) is 2.73. The van der Waals surface area contributed by atoms with Gasteiger partial charge in [-0.05, 0) is 66.2 Å². The quantitative estimate of drug-likeness (QED) is 0.866. The van der Waals surface area contributed by atoms with Crippen LogP contribution < -0.4 is 5.32 Å². The number of hydrogen-bond acceptors (Lipinski definition) is 1. The fourth-order valence-electron chi connectivity index (χ4n) is 3.84. The van der Waals surface area contributed by atoms with Gasteiger partial charge in [0.1, 0.15) is 0 Å². The first kappa shape index (κ1) is 14.6. The maximum atomic E-state index is 12.2. The SMILES string of the molecule is CC(C)C1CCc2cc3c(cc2C1)NC(=O)C(C(C)C)C3. The van der Waals surface area contributed by atoms with Crippen LogP contribution in [0, 0.1) is 23.7 Å². The zero-order valence-electron chi connectivity index (χ0n) is 13.7. The Kier molecular flexibility index (Phi) is 3.81. The van der Waals surface area contributed by atoms with Crippen molar-refractivity contribution in [2.75, 3.05) is 5.32 Å². The molecule has 0 saturated carbocycles. The number of anilines is 1. The van der Waals surface area contributed by atoms with Gasteiger partial charge in [-0.3, -0.25) is 4.79 Å². The number of hydrogen-bond donors (Lipinski definition) is 1. The van der Waals surface area contributed by atoms with E-state index in [9.17, 15) is 4.79 Å². The van der Waals surface area contributed by atoms with Crippen molar-refractivity contribution in [3.8, 4) is 0 Å². The molecule has 3 rings (SSSR count). The Morgan fingerprint density at radius 1 is 1.00 bits per heavy atom. The summed E-state index contributed by atoms with van der Waals surface area (Å²) in [6.45, 7) is 8.92. The topological polar surface area (TPSA) is 29.1 Å². The van der Waals surface area contributed by atoms with Crippen LogP contribution in [-0.4, -0.2) is 5.91 Å². The van der Waals surface area contributed by atoms with Gasteiger partial charge in [0.15, 0.2) is 0 Å². The third-order valence-electron chi connectivity index (χ3n) is 5.47. The predicted octanol–water partition coefficient (Wildman–Crippen LogP) is 4.21. The molecule has 21 heavy (non-hydrogen) atoms. The number of fused-ring (bicyclic) bond motifs is 2. The minimum absolute atomic E-state index is 0.127. The van der Waals surface area contributed by atoms with Gasteiger partial charge in [-0.15, -0.1) is 0 Å². The summed E-state index contributed by atoms with van der Waals surface area (Å²) >= 11 is 0. The Bertz CT molecular complexity index is 559. The molecule has 0 saturated heterocycles. The highest BCUT2D eigenvalue weighted by Crippen LogP contribution is 2.36. The molecular weight excluding hydrogens is 258 g/mol. The van der Waals surface area contributed by atoms with Crippen molar-refractivity contribution >= 4 is 11.6 Å². The summed E-state index contributed by atoms with van der Waals surface area (Å²) in [4.78, 5) is 12.2. The number of nitrogens with one attached hydrogen (secondary N) is 1. The molecule has 1 heterocycles. The molecule has 2 nitrogen and oxygen atoms in total. The molecule has 0 spiro atoms. The second-order valence-electron chi connectivity index (χ2n) is 7.57. The Hall–Kier alpha value is -1.31. The summed E-state index contributed by atoms with van der Waals surface area (Å²) in [7, 11) is 0. The van der Waals surface area contributed by atoms with Crippen molar-refractivity contribution < 1.29 is 4.79 Å². The Morgan fingerprint density at radius 2 is 1.76 bits per heavy atom. The van der Waals surface area contributed by atoms with E-state index in [2.05, 4.69) is 45.1 Å². The second-order valence-corrected chi connectivity index (χ2v) is 7.57. The number of carbonyl (C=O) groups excluding carboxylic acids is 1. The molecule has 2 heteroatoms. The predicted molar refractivity (Wildman–Crippen MR) is 87.5 cm³/mol. The van der Waals surface area contributed by atoms with Gasteiger partial charge in [-0.2, -0.15) is 0 Å². The van der Waals surface area contributed by atoms with E-state index in [0.717, 1.165) is 23.9 Å². The molecule has 1 aliphatic carbocycles. The first-order valence-electron chi connectivity index (χ1n) is 8.41. The number of rotatable bonds is 2. The maximum absolute atomic E-state index is 12.2. The van der Waals surface area contributed by atoms with E-state index in [-0.39, 0.29) is 11.8 Å². The van der Waals surface area contributed by atoms with Crippen LogP contribution in [0.15, 0.2) is 12.1 Å². The van der Waals surface area contributed by atoms with Gasteiger partial charge in [-0.25, -0.2) is 0 Å². The molecule has 2 atom stereocenters. The summed E-state index contributed by atoms with van der Waals surface area (Å²) in [6, 6.07) is 4.63. The molecule has 0 radical (unpaired) electrons. The fraction of sp³-hybridized carbons (Fsp3) is 0.632. The number of carbonyl (C=O) groups is 1. The minimum atomic E-state index is 0.127. The van der Waals surface area contributed by atoms with Crippen molar-refractivity contribution in [3.05, 3.63) is 28.8 Å². The van der Waals surface area contributed by atoms with Crippen LogP contribution in [0.4, 0.5) is 5.69 Å².